The van der Waals surface area contributed by atoms with Crippen LogP contribution in [-0.2, 0) is 21.4 Å². The topological polar surface area (TPSA) is 102 Å². The fourth-order valence-corrected chi connectivity index (χ4v) is 3.06. The van der Waals surface area contributed by atoms with Crippen LogP contribution in [0.2, 0.25) is 0 Å². The van der Waals surface area contributed by atoms with Gasteiger partial charge >= 0.3 is 5.97 Å². The Balaban J connectivity index is 2.00. The molecule has 0 saturated carbocycles. The van der Waals surface area contributed by atoms with Gasteiger partial charge in [0.15, 0.2) is 11.3 Å². The Hall–Kier alpha value is -2.81. The van der Waals surface area contributed by atoms with E-state index in [1.54, 1.807) is 30.6 Å². The van der Waals surface area contributed by atoms with Crippen LogP contribution < -0.4 is 10.6 Å². The van der Waals surface area contributed by atoms with E-state index in [0.717, 1.165) is 0 Å². The number of nitrogens with zero attached hydrogens (tertiary/aromatic N) is 2. The summed E-state index contributed by atoms with van der Waals surface area (Å²) in [4.78, 5) is 41.1. The SMILES string of the molecule is C[C@H](OC(=O)c1ccccc1NC(=O)CSc1nccn1C)C(=O)NC(C)(C)C. The van der Waals surface area contributed by atoms with E-state index in [4.69, 9.17) is 4.74 Å². The number of esters is 1. The van der Waals surface area contributed by atoms with Crippen LogP contribution in [0.1, 0.15) is 38.1 Å². The average Bonchev–Trinajstić information content (AvgIpc) is 3.03. The number of carbonyl (C=O) groups excluding carboxylic acids is 3. The summed E-state index contributed by atoms with van der Waals surface area (Å²) in [5, 5.41) is 6.19. The molecule has 0 unspecified atom stereocenters. The fraction of sp³-hybridized carbons (Fsp3) is 0.400. The zero-order chi connectivity index (χ0) is 21.6. The van der Waals surface area contributed by atoms with Crippen LogP contribution >= 0.6 is 11.8 Å². The molecule has 0 bridgehead atoms. The molecule has 0 saturated heterocycles. The van der Waals surface area contributed by atoms with E-state index < -0.39 is 17.6 Å². The highest BCUT2D eigenvalue weighted by molar-refractivity contribution is 7.99. The summed E-state index contributed by atoms with van der Waals surface area (Å²) in [6.45, 7) is 7.03. The largest absolute Gasteiger partial charge is 0.449 e. The van der Waals surface area contributed by atoms with Gasteiger partial charge in [0.2, 0.25) is 5.91 Å². The van der Waals surface area contributed by atoms with E-state index in [-0.39, 0.29) is 23.1 Å². The average molecular weight is 419 g/mol. The second kappa shape index (κ2) is 9.60. The van der Waals surface area contributed by atoms with Gasteiger partial charge in [-0.1, -0.05) is 23.9 Å². The predicted octanol–water partition coefficient (Wildman–Crippen LogP) is 2.61. The number of para-hydroxylation sites is 1. The van der Waals surface area contributed by atoms with Gasteiger partial charge in [-0.3, -0.25) is 9.59 Å². The Morgan fingerprint density at radius 1 is 1.24 bits per heavy atom. The van der Waals surface area contributed by atoms with Crippen molar-refractivity contribution < 1.29 is 19.1 Å². The second-order valence-corrected chi connectivity index (χ2v) is 8.43. The van der Waals surface area contributed by atoms with E-state index in [2.05, 4.69) is 15.6 Å². The molecule has 0 radical (unpaired) electrons. The maximum absolute atomic E-state index is 12.5. The summed E-state index contributed by atoms with van der Waals surface area (Å²) in [6.07, 6.45) is 2.48. The van der Waals surface area contributed by atoms with Crippen molar-refractivity contribution in [2.24, 2.45) is 7.05 Å². The molecule has 156 valence electrons. The third-order valence-corrected chi connectivity index (χ3v) is 4.74. The van der Waals surface area contributed by atoms with E-state index in [1.165, 1.54) is 24.8 Å². The third-order valence-electron chi connectivity index (χ3n) is 3.68. The van der Waals surface area contributed by atoms with Gasteiger partial charge in [-0.2, -0.15) is 0 Å². The number of amides is 2. The van der Waals surface area contributed by atoms with Gasteiger partial charge in [0, 0.05) is 25.0 Å². The highest BCUT2D eigenvalue weighted by Crippen LogP contribution is 2.19. The monoisotopic (exact) mass is 418 g/mol. The quantitative estimate of drug-likeness (QED) is 0.529. The molecule has 1 aromatic carbocycles. The van der Waals surface area contributed by atoms with Gasteiger partial charge in [0.1, 0.15) is 0 Å². The van der Waals surface area contributed by atoms with Crippen molar-refractivity contribution in [1.29, 1.82) is 0 Å². The summed E-state index contributed by atoms with van der Waals surface area (Å²) in [5.41, 5.74) is 0.0683. The Morgan fingerprint density at radius 3 is 2.55 bits per heavy atom. The lowest BCUT2D eigenvalue weighted by Crippen LogP contribution is -2.46. The van der Waals surface area contributed by atoms with Crippen LogP contribution in [-0.4, -0.2) is 44.7 Å². The molecule has 29 heavy (non-hydrogen) atoms. The molecule has 0 aliphatic rings. The maximum atomic E-state index is 12.5. The van der Waals surface area contributed by atoms with Gasteiger partial charge < -0.3 is 19.9 Å². The fourth-order valence-electron chi connectivity index (χ4n) is 2.33. The number of aromatic nitrogens is 2. The molecule has 2 rings (SSSR count). The van der Waals surface area contributed by atoms with Crippen LogP contribution in [0.15, 0.2) is 41.8 Å². The first-order chi connectivity index (χ1) is 13.6. The molecule has 0 fully saturated rings. The molecule has 1 heterocycles. The van der Waals surface area contributed by atoms with E-state index in [1.807, 2.05) is 32.4 Å². The van der Waals surface area contributed by atoms with Crippen molar-refractivity contribution >= 4 is 35.2 Å². The number of hydrogen-bond acceptors (Lipinski definition) is 6. The molecule has 2 aromatic rings. The predicted molar refractivity (Wildman–Crippen MR) is 112 cm³/mol. The Kier molecular flexibility index (Phi) is 7.44. The van der Waals surface area contributed by atoms with Crippen LogP contribution in [0.25, 0.3) is 0 Å². The zero-order valence-corrected chi connectivity index (χ0v) is 18.0. The van der Waals surface area contributed by atoms with Crippen molar-refractivity contribution in [3.05, 3.63) is 42.2 Å². The number of carbonyl (C=O) groups is 3. The lowest BCUT2D eigenvalue weighted by atomic mass is 10.1. The third kappa shape index (κ3) is 6.94. The standard InChI is InChI=1S/C20H26N4O4S/c1-13(17(26)23-20(2,3)4)28-18(27)14-8-6-7-9-15(14)22-16(25)12-29-19-21-10-11-24(19)5/h6-11,13H,12H2,1-5H3,(H,22,25)(H,23,26)/t13-/m0/s1. The van der Waals surface area contributed by atoms with Crippen LogP contribution in [0.5, 0.6) is 0 Å². The highest BCUT2D eigenvalue weighted by Gasteiger charge is 2.24. The van der Waals surface area contributed by atoms with Crippen molar-refractivity contribution in [3.63, 3.8) is 0 Å². The lowest BCUT2D eigenvalue weighted by molar-refractivity contribution is -0.130. The van der Waals surface area contributed by atoms with E-state index >= 15 is 0 Å². The van der Waals surface area contributed by atoms with E-state index in [9.17, 15) is 14.4 Å². The molecule has 1 atom stereocenters. The number of hydrogen-bond donors (Lipinski definition) is 2. The van der Waals surface area contributed by atoms with Gasteiger partial charge in [0.05, 0.1) is 17.0 Å². The van der Waals surface area contributed by atoms with Crippen LogP contribution in [0.4, 0.5) is 5.69 Å². The summed E-state index contributed by atoms with van der Waals surface area (Å²) in [5.74, 6) is -1.22. The summed E-state index contributed by atoms with van der Waals surface area (Å²) in [6, 6.07) is 6.51. The molecular weight excluding hydrogens is 392 g/mol. The first kappa shape index (κ1) is 22.5. The molecule has 1 aromatic heterocycles. The number of rotatable bonds is 7. The normalized spacial score (nSPS) is 12.2. The number of ether oxygens (including phenoxy) is 1. The molecule has 2 amide bonds. The second-order valence-electron chi connectivity index (χ2n) is 7.49. The number of anilines is 1. The Morgan fingerprint density at radius 2 is 1.93 bits per heavy atom. The van der Waals surface area contributed by atoms with Crippen LogP contribution in [0.3, 0.4) is 0 Å². The van der Waals surface area contributed by atoms with Crippen molar-refractivity contribution in [2.75, 3.05) is 11.1 Å². The van der Waals surface area contributed by atoms with Crippen molar-refractivity contribution in [2.45, 2.75) is 44.5 Å². The molecule has 8 nitrogen and oxygen atoms in total. The minimum absolute atomic E-state index is 0.138. The van der Waals surface area contributed by atoms with Crippen molar-refractivity contribution in [3.8, 4) is 0 Å². The van der Waals surface area contributed by atoms with E-state index in [0.29, 0.717) is 10.8 Å². The molecular formula is C20H26N4O4S. The summed E-state index contributed by atoms with van der Waals surface area (Å²) < 4.78 is 7.09. The van der Waals surface area contributed by atoms with Gasteiger partial charge in [-0.15, -0.1) is 0 Å². The Bertz CT molecular complexity index is 889. The number of aryl methyl sites for hydroxylation is 1. The minimum Gasteiger partial charge on any atom is -0.449 e. The minimum atomic E-state index is -0.968. The number of nitrogens with one attached hydrogen (secondary N) is 2. The lowest BCUT2D eigenvalue weighted by Gasteiger charge is -2.23. The molecule has 0 spiro atoms. The summed E-state index contributed by atoms with van der Waals surface area (Å²) in [7, 11) is 1.84. The molecule has 0 aliphatic carbocycles. The van der Waals surface area contributed by atoms with Crippen LogP contribution in [0, 0.1) is 0 Å². The van der Waals surface area contributed by atoms with Gasteiger partial charge in [-0.25, -0.2) is 9.78 Å². The number of thioether (sulfide) groups is 1. The van der Waals surface area contributed by atoms with Gasteiger partial charge in [-0.05, 0) is 39.8 Å². The number of imidazole rings is 1. The summed E-state index contributed by atoms with van der Waals surface area (Å²) >= 11 is 1.29. The smallest absolute Gasteiger partial charge is 0.341 e. The maximum Gasteiger partial charge on any atom is 0.341 e. The zero-order valence-electron chi connectivity index (χ0n) is 17.2. The molecule has 2 N–H and O–H groups in total. The first-order valence-electron chi connectivity index (χ1n) is 9.09. The Labute approximate surface area is 174 Å². The van der Waals surface area contributed by atoms with Gasteiger partial charge in [0.25, 0.3) is 5.91 Å². The first-order valence-corrected chi connectivity index (χ1v) is 10.1. The number of benzene rings is 1. The van der Waals surface area contributed by atoms with Crippen molar-refractivity contribution in [1.82, 2.24) is 14.9 Å². The molecule has 9 heteroatoms. The highest BCUT2D eigenvalue weighted by atomic mass is 32.2. The molecule has 0 aliphatic heterocycles.